The average Bonchev–Trinajstić information content (AvgIpc) is 2.68. The Kier molecular flexibility index (Phi) is 4.67. The molecule has 0 aromatic heterocycles. The van der Waals surface area contributed by atoms with Crippen LogP contribution in [-0.4, -0.2) is 13.7 Å². The van der Waals surface area contributed by atoms with Gasteiger partial charge in [0.1, 0.15) is 0 Å². The first-order chi connectivity index (χ1) is 10.0. The molecule has 0 saturated heterocycles. The van der Waals surface area contributed by atoms with E-state index in [-0.39, 0.29) is 17.8 Å². The number of rotatable bonds is 3. The van der Waals surface area contributed by atoms with Gasteiger partial charge < -0.3 is 10.5 Å². The maximum Gasteiger partial charge on any atom is 0.0726 e. The van der Waals surface area contributed by atoms with Crippen LogP contribution in [0.15, 0.2) is 54.6 Å². The average molecular weight is 318 g/mol. The molecule has 118 valence electrons. The molecule has 0 amide bonds. The predicted molar refractivity (Wildman–Crippen MR) is 93.5 cm³/mol. The van der Waals surface area contributed by atoms with Gasteiger partial charge in [-0.1, -0.05) is 68.4 Å². The van der Waals surface area contributed by atoms with Crippen LogP contribution < -0.4 is 5.73 Å². The van der Waals surface area contributed by atoms with Crippen molar-refractivity contribution in [3.05, 3.63) is 71.3 Å². The highest BCUT2D eigenvalue weighted by molar-refractivity contribution is 5.85. The van der Waals surface area contributed by atoms with E-state index in [1.54, 1.807) is 7.11 Å². The van der Waals surface area contributed by atoms with Gasteiger partial charge in [-0.25, -0.2) is 0 Å². The molecule has 0 spiro atoms. The summed E-state index contributed by atoms with van der Waals surface area (Å²) < 4.78 is 5.49. The zero-order chi connectivity index (χ0) is 15.1. The van der Waals surface area contributed by atoms with Crippen molar-refractivity contribution in [3.8, 4) is 0 Å². The minimum absolute atomic E-state index is 0. The van der Waals surface area contributed by atoms with Crippen LogP contribution >= 0.6 is 12.4 Å². The summed E-state index contributed by atoms with van der Waals surface area (Å²) in [6.45, 7) is 5.20. The van der Waals surface area contributed by atoms with Gasteiger partial charge in [-0.05, 0) is 16.7 Å². The van der Waals surface area contributed by atoms with Gasteiger partial charge in [0, 0.05) is 18.4 Å². The summed E-state index contributed by atoms with van der Waals surface area (Å²) in [6, 6.07) is 19.0. The van der Waals surface area contributed by atoms with Crippen LogP contribution in [0, 0.1) is 5.41 Å². The Morgan fingerprint density at radius 2 is 1.59 bits per heavy atom. The Balaban J connectivity index is 0.00000176. The lowest BCUT2D eigenvalue weighted by Crippen LogP contribution is -2.49. The van der Waals surface area contributed by atoms with E-state index in [9.17, 15) is 0 Å². The summed E-state index contributed by atoms with van der Waals surface area (Å²) >= 11 is 0. The lowest BCUT2D eigenvalue weighted by molar-refractivity contribution is 0.0998. The fraction of sp³-hybridized carbons (Fsp3) is 0.368. The number of nitrogens with two attached hydrogens (primary N) is 1. The van der Waals surface area contributed by atoms with Crippen molar-refractivity contribution >= 4 is 12.4 Å². The van der Waals surface area contributed by atoms with E-state index >= 15 is 0 Å². The van der Waals surface area contributed by atoms with Crippen LogP contribution in [0.3, 0.4) is 0 Å². The summed E-state index contributed by atoms with van der Waals surface area (Å²) in [5.41, 5.74) is 10.1. The van der Waals surface area contributed by atoms with Gasteiger partial charge in [-0.15, -0.1) is 12.4 Å². The number of halogens is 1. The smallest absolute Gasteiger partial charge is 0.0726 e. The Morgan fingerprint density at radius 1 is 1.00 bits per heavy atom. The molecule has 1 aliphatic carbocycles. The number of benzene rings is 2. The molecule has 0 bridgehead atoms. The first-order valence-electron chi connectivity index (χ1n) is 7.46. The lowest BCUT2D eigenvalue weighted by Gasteiger charge is -2.42. The van der Waals surface area contributed by atoms with Crippen LogP contribution in [0.2, 0.25) is 0 Å². The van der Waals surface area contributed by atoms with E-state index in [1.165, 1.54) is 16.7 Å². The molecule has 0 heterocycles. The van der Waals surface area contributed by atoms with Gasteiger partial charge in [-0.2, -0.15) is 0 Å². The van der Waals surface area contributed by atoms with Crippen LogP contribution in [0.5, 0.6) is 0 Å². The molecule has 2 N–H and O–H groups in total. The molecule has 3 rings (SSSR count). The maximum absolute atomic E-state index is 7.03. The molecule has 0 aliphatic heterocycles. The minimum atomic E-state index is -0.492. The summed E-state index contributed by atoms with van der Waals surface area (Å²) in [6.07, 6.45) is 0. The first kappa shape index (κ1) is 17.0. The lowest BCUT2D eigenvalue weighted by atomic mass is 9.66. The highest BCUT2D eigenvalue weighted by atomic mass is 35.5. The maximum atomic E-state index is 7.03. The van der Waals surface area contributed by atoms with Crippen LogP contribution in [0.4, 0.5) is 0 Å². The molecule has 22 heavy (non-hydrogen) atoms. The van der Waals surface area contributed by atoms with E-state index in [0.717, 1.165) is 0 Å². The third kappa shape index (κ3) is 2.18. The van der Waals surface area contributed by atoms with Gasteiger partial charge in [0.15, 0.2) is 0 Å². The predicted octanol–water partition coefficient (Wildman–Crippen LogP) is 4.08. The topological polar surface area (TPSA) is 35.2 Å². The Hall–Kier alpha value is -1.35. The van der Waals surface area contributed by atoms with Crippen molar-refractivity contribution in [1.82, 2.24) is 0 Å². The quantitative estimate of drug-likeness (QED) is 0.925. The molecule has 3 heteroatoms. The Labute approximate surface area is 139 Å². The van der Waals surface area contributed by atoms with Crippen molar-refractivity contribution in [3.63, 3.8) is 0 Å². The highest BCUT2D eigenvalue weighted by Gasteiger charge is 2.56. The molecule has 2 nitrogen and oxygen atoms in total. The van der Waals surface area contributed by atoms with Gasteiger partial charge in [0.2, 0.25) is 0 Å². The number of fused-ring (bicyclic) bond motifs is 1. The normalized spacial score (nSPS) is 25.4. The first-order valence-corrected chi connectivity index (χ1v) is 7.46. The molecular weight excluding hydrogens is 294 g/mol. The highest BCUT2D eigenvalue weighted by Crippen LogP contribution is 2.58. The summed E-state index contributed by atoms with van der Waals surface area (Å²) in [7, 11) is 1.76. The minimum Gasteiger partial charge on any atom is -0.384 e. The summed E-state index contributed by atoms with van der Waals surface area (Å²) in [4.78, 5) is 0. The zero-order valence-electron chi connectivity index (χ0n) is 13.4. The number of ether oxygens (including phenoxy) is 1. The van der Waals surface area contributed by atoms with Gasteiger partial charge >= 0.3 is 0 Å². The van der Waals surface area contributed by atoms with E-state index in [4.69, 9.17) is 10.5 Å². The van der Waals surface area contributed by atoms with Crippen LogP contribution in [-0.2, 0) is 10.3 Å². The van der Waals surface area contributed by atoms with Crippen molar-refractivity contribution in [2.75, 3.05) is 13.7 Å². The molecule has 0 radical (unpaired) electrons. The SMILES string of the molecule is COCC1c2ccccc2C(N)(c2ccccc2)C1(C)C.Cl. The van der Waals surface area contributed by atoms with Crippen molar-refractivity contribution in [2.45, 2.75) is 25.3 Å². The number of methoxy groups -OCH3 is 1. The standard InChI is InChI=1S/C19H23NO.ClH/c1-18(2)17(13-21-3)15-11-7-8-12-16(15)19(18,20)14-9-5-4-6-10-14;/h4-12,17H,13,20H2,1-3H3;1H. The Morgan fingerprint density at radius 3 is 2.23 bits per heavy atom. The van der Waals surface area contributed by atoms with Gasteiger partial charge in [-0.3, -0.25) is 0 Å². The molecule has 0 fully saturated rings. The molecule has 0 saturated carbocycles. The second-order valence-corrected chi connectivity index (χ2v) is 6.49. The number of hydrogen-bond acceptors (Lipinski definition) is 2. The summed E-state index contributed by atoms with van der Waals surface area (Å²) in [5, 5.41) is 0. The molecule has 1 aliphatic rings. The zero-order valence-corrected chi connectivity index (χ0v) is 14.2. The van der Waals surface area contributed by atoms with Gasteiger partial charge in [0.25, 0.3) is 0 Å². The van der Waals surface area contributed by atoms with E-state index < -0.39 is 5.54 Å². The van der Waals surface area contributed by atoms with E-state index in [1.807, 2.05) is 6.07 Å². The monoisotopic (exact) mass is 317 g/mol. The third-order valence-corrected chi connectivity index (χ3v) is 5.21. The molecular formula is C19H24ClNO. The van der Waals surface area contributed by atoms with Crippen molar-refractivity contribution < 1.29 is 4.74 Å². The molecule has 2 aromatic rings. The number of hydrogen-bond donors (Lipinski definition) is 1. The molecule has 2 atom stereocenters. The molecule has 2 unspecified atom stereocenters. The second kappa shape index (κ2) is 6.04. The largest absolute Gasteiger partial charge is 0.384 e. The van der Waals surface area contributed by atoms with Gasteiger partial charge in [0.05, 0.1) is 12.1 Å². The van der Waals surface area contributed by atoms with Crippen molar-refractivity contribution in [2.24, 2.45) is 11.1 Å². The Bertz CT molecular complexity index is 641. The van der Waals surface area contributed by atoms with Crippen molar-refractivity contribution in [1.29, 1.82) is 0 Å². The van der Waals surface area contributed by atoms with E-state index in [0.29, 0.717) is 12.5 Å². The fourth-order valence-electron chi connectivity index (χ4n) is 3.86. The fourth-order valence-corrected chi connectivity index (χ4v) is 3.86. The van der Waals surface area contributed by atoms with Crippen LogP contribution in [0.1, 0.15) is 36.5 Å². The third-order valence-electron chi connectivity index (χ3n) is 5.21. The molecule has 2 aromatic carbocycles. The van der Waals surface area contributed by atoms with Crippen LogP contribution in [0.25, 0.3) is 0 Å². The van der Waals surface area contributed by atoms with E-state index in [2.05, 4.69) is 62.4 Å². The summed E-state index contributed by atoms with van der Waals surface area (Å²) in [5.74, 6) is 0.295. The second-order valence-electron chi connectivity index (χ2n) is 6.49.